The van der Waals surface area contributed by atoms with Crippen molar-refractivity contribution in [1.82, 2.24) is 5.32 Å². The summed E-state index contributed by atoms with van der Waals surface area (Å²) in [4.78, 5) is 12.1. The maximum atomic E-state index is 12.1. The van der Waals surface area contributed by atoms with E-state index >= 15 is 0 Å². The van der Waals surface area contributed by atoms with Gasteiger partial charge in [-0.2, -0.15) is 11.8 Å². The molecule has 4 nitrogen and oxygen atoms in total. The van der Waals surface area contributed by atoms with Crippen molar-refractivity contribution in [1.29, 1.82) is 0 Å². The van der Waals surface area contributed by atoms with Crippen molar-refractivity contribution in [2.45, 2.75) is 19.4 Å². The van der Waals surface area contributed by atoms with Crippen LogP contribution in [0.2, 0.25) is 0 Å². The van der Waals surface area contributed by atoms with Crippen molar-refractivity contribution in [2.24, 2.45) is 0 Å². The first-order chi connectivity index (χ1) is 9.69. The van der Waals surface area contributed by atoms with Gasteiger partial charge in [0.1, 0.15) is 5.75 Å². The maximum absolute atomic E-state index is 12.1. The Labute approximate surface area is 132 Å². The van der Waals surface area contributed by atoms with Crippen molar-refractivity contribution in [3.63, 3.8) is 0 Å². The van der Waals surface area contributed by atoms with Crippen molar-refractivity contribution in [3.05, 3.63) is 22.7 Å². The second-order valence-electron chi connectivity index (χ2n) is 4.55. The zero-order valence-electron chi connectivity index (χ0n) is 11.4. The van der Waals surface area contributed by atoms with Gasteiger partial charge in [-0.25, -0.2) is 0 Å². The highest BCUT2D eigenvalue weighted by atomic mass is 79.9. The third-order valence-corrected chi connectivity index (χ3v) is 4.57. The van der Waals surface area contributed by atoms with E-state index in [1.807, 2.05) is 36.9 Å². The highest BCUT2D eigenvalue weighted by Crippen LogP contribution is 2.28. The molecule has 110 valence electrons. The Bertz CT molecular complexity index is 464. The lowest BCUT2D eigenvalue weighted by Gasteiger charge is -2.22. The Hall–Kier alpha value is -0.720. The summed E-state index contributed by atoms with van der Waals surface area (Å²) < 4.78 is 6.48. The van der Waals surface area contributed by atoms with Crippen LogP contribution in [0.3, 0.4) is 0 Å². The Morgan fingerprint density at radius 2 is 2.45 bits per heavy atom. The fourth-order valence-electron chi connectivity index (χ4n) is 2.05. The second kappa shape index (κ2) is 7.90. The zero-order chi connectivity index (χ0) is 14.4. The largest absolute Gasteiger partial charge is 0.492 e. The normalized spacial score (nSPS) is 18.6. The molecule has 1 aromatic carbocycles. The van der Waals surface area contributed by atoms with E-state index in [4.69, 9.17) is 4.74 Å². The maximum Gasteiger partial charge on any atom is 0.226 e. The van der Waals surface area contributed by atoms with Crippen LogP contribution in [0.1, 0.15) is 13.3 Å². The number of rotatable bonds is 5. The van der Waals surface area contributed by atoms with Gasteiger partial charge >= 0.3 is 0 Å². The van der Waals surface area contributed by atoms with Gasteiger partial charge in [-0.1, -0.05) is 15.9 Å². The molecular formula is C14H19BrN2O2S. The van der Waals surface area contributed by atoms with Crippen LogP contribution >= 0.6 is 27.7 Å². The van der Waals surface area contributed by atoms with Crippen molar-refractivity contribution < 1.29 is 9.53 Å². The monoisotopic (exact) mass is 358 g/mol. The Morgan fingerprint density at radius 1 is 1.60 bits per heavy atom. The molecule has 1 aromatic rings. The van der Waals surface area contributed by atoms with Crippen LogP contribution in [0.4, 0.5) is 5.69 Å². The molecule has 2 rings (SSSR count). The lowest BCUT2D eigenvalue weighted by Crippen LogP contribution is -2.39. The molecule has 0 aliphatic carbocycles. The third-order valence-electron chi connectivity index (χ3n) is 2.95. The smallest absolute Gasteiger partial charge is 0.226 e. The molecule has 20 heavy (non-hydrogen) atoms. The zero-order valence-corrected chi connectivity index (χ0v) is 13.9. The number of nitrogens with one attached hydrogen (secondary N) is 2. The summed E-state index contributed by atoms with van der Waals surface area (Å²) in [6, 6.07) is 5.89. The van der Waals surface area contributed by atoms with Crippen LogP contribution in [0.25, 0.3) is 0 Å². The van der Waals surface area contributed by atoms with Crippen LogP contribution in [-0.2, 0) is 4.79 Å². The average molecular weight is 359 g/mol. The van der Waals surface area contributed by atoms with Crippen LogP contribution < -0.4 is 15.4 Å². The van der Waals surface area contributed by atoms with E-state index in [1.54, 1.807) is 0 Å². The van der Waals surface area contributed by atoms with Crippen molar-refractivity contribution in [2.75, 3.05) is 30.0 Å². The SMILES string of the molecule is CCOc1cc(Br)ccc1NC(=O)CC1CSCCN1. The lowest BCUT2D eigenvalue weighted by atomic mass is 10.2. The number of carbonyl (C=O) groups excluding carboxylic acids is 1. The minimum atomic E-state index is 0.0216. The quantitative estimate of drug-likeness (QED) is 0.849. The van der Waals surface area contributed by atoms with E-state index < -0.39 is 0 Å². The molecule has 0 aromatic heterocycles. The van der Waals surface area contributed by atoms with Crippen LogP contribution in [0, 0.1) is 0 Å². The van der Waals surface area contributed by atoms with E-state index in [0.717, 1.165) is 28.2 Å². The van der Waals surface area contributed by atoms with E-state index in [2.05, 4.69) is 26.6 Å². The number of hydrogen-bond acceptors (Lipinski definition) is 4. The first-order valence-corrected chi connectivity index (χ1v) is 8.67. The Morgan fingerprint density at radius 3 is 3.15 bits per heavy atom. The number of benzene rings is 1. The van der Waals surface area contributed by atoms with E-state index in [1.165, 1.54) is 0 Å². The predicted octanol–water partition coefficient (Wildman–Crippen LogP) is 2.88. The number of anilines is 1. The van der Waals surface area contributed by atoms with Gasteiger partial charge in [-0.05, 0) is 25.1 Å². The molecule has 0 spiro atoms. The van der Waals surface area contributed by atoms with Crippen molar-refractivity contribution >= 4 is 39.3 Å². The molecule has 1 aliphatic rings. The molecule has 1 amide bonds. The van der Waals surface area contributed by atoms with E-state index in [9.17, 15) is 4.79 Å². The third kappa shape index (κ3) is 4.68. The highest BCUT2D eigenvalue weighted by Gasteiger charge is 2.17. The summed E-state index contributed by atoms with van der Waals surface area (Å²) in [6.07, 6.45) is 0.495. The summed E-state index contributed by atoms with van der Waals surface area (Å²) in [5.41, 5.74) is 0.725. The number of carbonyl (C=O) groups is 1. The van der Waals surface area contributed by atoms with Gasteiger partial charge < -0.3 is 15.4 Å². The summed E-state index contributed by atoms with van der Waals surface area (Å²) in [5, 5.41) is 6.30. The summed E-state index contributed by atoms with van der Waals surface area (Å²) in [6.45, 7) is 3.47. The van der Waals surface area contributed by atoms with Crippen molar-refractivity contribution in [3.8, 4) is 5.75 Å². The Balaban J connectivity index is 1.96. The van der Waals surface area contributed by atoms with Crippen LogP contribution in [0.15, 0.2) is 22.7 Å². The van der Waals surface area contributed by atoms with Crippen LogP contribution in [-0.4, -0.2) is 36.6 Å². The minimum absolute atomic E-state index is 0.0216. The number of thioether (sulfide) groups is 1. The molecule has 1 unspecified atom stereocenters. The molecular weight excluding hydrogens is 340 g/mol. The summed E-state index contributed by atoms with van der Waals surface area (Å²) >= 11 is 5.30. The number of ether oxygens (including phenoxy) is 1. The Kier molecular flexibility index (Phi) is 6.19. The first-order valence-electron chi connectivity index (χ1n) is 6.72. The summed E-state index contributed by atoms with van der Waals surface area (Å²) in [7, 11) is 0. The van der Waals surface area contributed by atoms with Gasteiger partial charge in [0.2, 0.25) is 5.91 Å². The van der Waals surface area contributed by atoms with Gasteiger partial charge in [-0.15, -0.1) is 0 Å². The van der Waals surface area contributed by atoms with Crippen LogP contribution in [0.5, 0.6) is 5.75 Å². The molecule has 0 saturated carbocycles. The molecule has 0 radical (unpaired) electrons. The standard InChI is InChI=1S/C14H19BrN2O2S/c1-2-19-13-7-10(15)3-4-12(13)17-14(18)8-11-9-20-6-5-16-11/h3-4,7,11,16H,2,5-6,8-9H2,1H3,(H,17,18). The van der Waals surface area contributed by atoms with E-state index in [0.29, 0.717) is 18.8 Å². The fourth-order valence-corrected chi connectivity index (χ4v) is 3.34. The average Bonchev–Trinajstić information content (AvgIpc) is 2.43. The lowest BCUT2D eigenvalue weighted by molar-refractivity contribution is -0.116. The molecule has 1 saturated heterocycles. The van der Waals surface area contributed by atoms with Gasteiger partial charge in [0.05, 0.1) is 12.3 Å². The van der Waals surface area contributed by atoms with Gasteiger partial charge in [0.15, 0.2) is 0 Å². The molecule has 2 N–H and O–H groups in total. The fraction of sp³-hybridized carbons (Fsp3) is 0.500. The van der Waals surface area contributed by atoms with Gasteiger partial charge in [0, 0.05) is 35.0 Å². The minimum Gasteiger partial charge on any atom is -0.492 e. The molecule has 0 bridgehead atoms. The number of hydrogen-bond donors (Lipinski definition) is 2. The predicted molar refractivity (Wildman–Crippen MR) is 87.7 cm³/mol. The molecule has 1 heterocycles. The van der Waals surface area contributed by atoms with E-state index in [-0.39, 0.29) is 11.9 Å². The molecule has 1 atom stereocenters. The second-order valence-corrected chi connectivity index (χ2v) is 6.62. The number of amides is 1. The number of halogens is 1. The molecule has 1 fully saturated rings. The summed E-state index contributed by atoms with van der Waals surface area (Å²) in [5.74, 6) is 2.83. The first kappa shape index (κ1) is 15.7. The molecule has 1 aliphatic heterocycles. The van der Waals surface area contributed by atoms with Gasteiger partial charge in [0.25, 0.3) is 0 Å². The topological polar surface area (TPSA) is 50.4 Å². The molecule has 6 heteroatoms. The van der Waals surface area contributed by atoms with Gasteiger partial charge in [-0.3, -0.25) is 4.79 Å². The highest BCUT2D eigenvalue weighted by molar-refractivity contribution is 9.10.